The van der Waals surface area contributed by atoms with E-state index in [1.54, 1.807) is 11.3 Å². The fourth-order valence-corrected chi connectivity index (χ4v) is 2.94. The number of aryl methyl sites for hydroxylation is 1. The zero-order valence-electron chi connectivity index (χ0n) is 9.40. The third-order valence-corrected chi connectivity index (χ3v) is 4.26. The second kappa shape index (κ2) is 5.13. The summed E-state index contributed by atoms with van der Waals surface area (Å²) in [6.07, 6.45) is 1.43. The molecule has 2 aromatic heterocycles. The van der Waals surface area contributed by atoms with Crippen molar-refractivity contribution >= 4 is 39.7 Å². The van der Waals surface area contributed by atoms with Gasteiger partial charge in [0, 0.05) is 11.9 Å². The predicted molar refractivity (Wildman–Crippen MR) is 76.5 cm³/mol. The summed E-state index contributed by atoms with van der Waals surface area (Å²) in [4.78, 5) is 25.6. The van der Waals surface area contributed by atoms with Crippen LogP contribution in [0, 0.1) is 10.5 Å². The lowest BCUT2D eigenvalue weighted by Crippen LogP contribution is -2.23. The number of nitrogens with one attached hydrogen (secondary N) is 1. The van der Waals surface area contributed by atoms with Crippen LogP contribution in [-0.4, -0.2) is 22.0 Å². The van der Waals surface area contributed by atoms with Crippen molar-refractivity contribution in [2.24, 2.45) is 0 Å². The Balaban J connectivity index is 2.26. The highest BCUT2D eigenvalue weighted by Crippen LogP contribution is 2.19. The van der Waals surface area contributed by atoms with E-state index >= 15 is 0 Å². The second-order valence-corrected chi connectivity index (χ2v) is 5.60. The highest BCUT2D eigenvalue weighted by molar-refractivity contribution is 14.1. The van der Waals surface area contributed by atoms with Crippen LogP contribution >= 0.6 is 33.9 Å². The Hall–Kier alpha value is -0.960. The van der Waals surface area contributed by atoms with Gasteiger partial charge in [-0.2, -0.15) is 0 Å². The number of halogens is 1. The minimum atomic E-state index is -0.108. The molecule has 0 fully saturated rings. The molecule has 2 heterocycles. The van der Waals surface area contributed by atoms with E-state index in [1.165, 1.54) is 11.2 Å². The second-order valence-electron chi connectivity index (χ2n) is 3.59. The molecular weight excluding hydrogens is 351 g/mol. The van der Waals surface area contributed by atoms with E-state index in [0.29, 0.717) is 15.9 Å². The van der Waals surface area contributed by atoms with Gasteiger partial charge in [-0.05, 0) is 29.5 Å². The molecule has 2 aromatic rings. The van der Waals surface area contributed by atoms with E-state index in [2.05, 4.69) is 15.0 Å². The molecule has 1 N–H and O–H groups in total. The molecule has 90 valence electrons. The van der Waals surface area contributed by atoms with Crippen LogP contribution in [0.25, 0.3) is 0 Å². The number of nitrogens with zero attached hydrogens (tertiary/aromatic N) is 3. The van der Waals surface area contributed by atoms with Gasteiger partial charge < -0.3 is 9.88 Å². The molecule has 0 atom stereocenters. The zero-order valence-corrected chi connectivity index (χ0v) is 12.4. The summed E-state index contributed by atoms with van der Waals surface area (Å²) < 4.78 is 0.606. The van der Waals surface area contributed by atoms with E-state index in [0.717, 1.165) is 5.69 Å². The largest absolute Gasteiger partial charge is 0.353 e. The first-order valence-electron chi connectivity index (χ1n) is 4.93. The summed E-state index contributed by atoms with van der Waals surface area (Å²) in [5, 5.41) is 0. The monoisotopic (exact) mass is 362 g/mol. The quantitative estimate of drug-likeness (QED) is 0.846. The third-order valence-electron chi connectivity index (χ3n) is 2.37. The van der Waals surface area contributed by atoms with Gasteiger partial charge in [-0.15, -0.1) is 11.3 Å². The summed E-state index contributed by atoms with van der Waals surface area (Å²) in [5.74, 6) is 0.696. The van der Waals surface area contributed by atoms with Crippen molar-refractivity contribution in [3.63, 3.8) is 0 Å². The van der Waals surface area contributed by atoms with Crippen molar-refractivity contribution < 1.29 is 0 Å². The van der Waals surface area contributed by atoms with Crippen LogP contribution in [0.15, 0.2) is 16.6 Å². The minimum Gasteiger partial charge on any atom is -0.353 e. The lowest BCUT2D eigenvalue weighted by Gasteiger charge is -2.18. The molecule has 0 amide bonds. The first-order valence-corrected chi connectivity index (χ1v) is 6.88. The highest BCUT2D eigenvalue weighted by atomic mass is 127. The molecule has 0 aromatic carbocycles. The molecule has 0 bridgehead atoms. The molecule has 0 radical (unpaired) electrons. The van der Waals surface area contributed by atoms with E-state index in [4.69, 9.17) is 0 Å². The normalized spacial score (nSPS) is 10.5. The zero-order chi connectivity index (χ0) is 12.4. The van der Waals surface area contributed by atoms with E-state index in [9.17, 15) is 4.79 Å². The Labute approximate surface area is 116 Å². The molecule has 2 rings (SSSR count). The van der Waals surface area contributed by atoms with Crippen molar-refractivity contribution in [3.8, 4) is 0 Å². The van der Waals surface area contributed by atoms with Crippen LogP contribution in [0.3, 0.4) is 0 Å². The maximum absolute atomic E-state index is 11.5. The molecule has 0 saturated heterocycles. The number of anilines is 1. The summed E-state index contributed by atoms with van der Waals surface area (Å²) in [6, 6.07) is 0. The summed E-state index contributed by atoms with van der Waals surface area (Å²) >= 11 is 3.62. The van der Waals surface area contributed by atoms with Crippen LogP contribution in [0.5, 0.6) is 0 Å². The number of aromatic nitrogens is 3. The Kier molecular flexibility index (Phi) is 3.77. The minimum absolute atomic E-state index is 0.108. The number of hydrogen-bond acceptors (Lipinski definition) is 5. The molecule has 0 aliphatic rings. The van der Waals surface area contributed by atoms with Gasteiger partial charge in [0.2, 0.25) is 0 Å². The van der Waals surface area contributed by atoms with E-state index in [1.807, 2.05) is 47.0 Å². The maximum Gasteiger partial charge on any atom is 0.266 e. The van der Waals surface area contributed by atoms with Gasteiger partial charge in [-0.1, -0.05) is 0 Å². The van der Waals surface area contributed by atoms with E-state index in [-0.39, 0.29) is 5.56 Å². The summed E-state index contributed by atoms with van der Waals surface area (Å²) in [6.45, 7) is 2.69. The van der Waals surface area contributed by atoms with Gasteiger partial charge in [0.1, 0.15) is 9.39 Å². The van der Waals surface area contributed by atoms with Gasteiger partial charge in [-0.3, -0.25) is 4.79 Å². The SMILES string of the molecule is Cc1ncsc1CN(C)c1nc[nH]c(=O)c1I. The van der Waals surface area contributed by atoms with Crippen LogP contribution in [0.2, 0.25) is 0 Å². The predicted octanol–water partition coefficient (Wildman–Crippen LogP) is 1.78. The van der Waals surface area contributed by atoms with Crippen molar-refractivity contribution in [3.05, 3.63) is 36.3 Å². The fraction of sp³-hybridized carbons (Fsp3) is 0.300. The molecule has 17 heavy (non-hydrogen) atoms. The standard InChI is InChI=1S/C10H11IN4OS/c1-6-7(17-5-14-6)3-15(2)9-8(11)10(16)13-4-12-9/h4-5H,3H2,1-2H3,(H,12,13,16). The van der Waals surface area contributed by atoms with Crippen LogP contribution in [-0.2, 0) is 6.54 Å². The Morgan fingerprint density at radius 1 is 1.53 bits per heavy atom. The molecule has 7 heteroatoms. The number of hydrogen-bond donors (Lipinski definition) is 1. The topological polar surface area (TPSA) is 61.9 Å². The van der Waals surface area contributed by atoms with E-state index < -0.39 is 0 Å². The van der Waals surface area contributed by atoms with Crippen molar-refractivity contribution in [2.45, 2.75) is 13.5 Å². The molecular formula is C10H11IN4OS. The van der Waals surface area contributed by atoms with Gasteiger partial charge >= 0.3 is 0 Å². The van der Waals surface area contributed by atoms with Crippen molar-refractivity contribution in [2.75, 3.05) is 11.9 Å². The average molecular weight is 362 g/mol. The number of H-pyrrole nitrogens is 1. The molecule has 0 unspecified atom stereocenters. The van der Waals surface area contributed by atoms with Gasteiger partial charge in [-0.25, -0.2) is 9.97 Å². The smallest absolute Gasteiger partial charge is 0.266 e. The number of aromatic amines is 1. The summed E-state index contributed by atoms with van der Waals surface area (Å²) in [7, 11) is 1.92. The molecule has 0 aliphatic heterocycles. The average Bonchev–Trinajstić information content (AvgIpc) is 2.68. The Morgan fingerprint density at radius 3 is 2.94 bits per heavy atom. The molecule has 0 spiro atoms. The van der Waals surface area contributed by atoms with Crippen molar-refractivity contribution in [1.82, 2.24) is 15.0 Å². The fourth-order valence-electron chi connectivity index (χ4n) is 1.41. The van der Waals surface area contributed by atoms with Gasteiger partial charge in [0.05, 0.1) is 24.1 Å². The van der Waals surface area contributed by atoms with Crippen molar-refractivity contribution in [1.29, 1.82) is 0 Å². The first kappa shape index (κ1) is 12.5. The third kappa shape index (κ3) is 2.65. The Morgan fingerprint density at radius 2 is 2.29 bits per heavy atom. The van der Waals surface area contributed by atoms with Gasteiger partial charge in [0.15, 0.2) is 0 Å². The Bertz CT molecular complexity index is 580. The lowest BCUT2D eigenvalue weighted by atomic mass is 10.3. The maximum atomic E-state index is 11.5. The number of thiazole rings is 1. The number of rotatable bonds is 3. The first-order chi connectivity index (χ1) is 8.09. The van der Waals surface area contributed by atoms with Gasteiger partial charge in [0.25, 0.3) is 5.56 Å². The van der Waals surface area contributed by atoms with Crippen LogP contribution < -0.4 is 10.5 Å². The molecule has 0 aliphatic carbocycles. The lowest BCUT2D eigenvalue weighted by molar-refractivity contribution is 0.883. The highest BCUT2D eigenvalue weighted by Gasteiger charge is 2.12. The van der Waals surface area contributed by atoms with Crippen LogP contribution in [0.4, 0.5) is 5.82 Å². The summed E-state index contributed by atoms with van der Waals surface area (Å²) in [5.41, 5.74) is 2.75. The molecule has 0 saturated carbocycles. The van der Waals surface area contributed by atoms with Crippen LogP contribution in [0.1, 0.15) is 10.6 Å². The molecule has 5 nitrogen and oxygen atoms in total.